The predicted octanol–water partition coefficient (Wildman–Crippen LogP) is 3.44. The lowest BCUT2D eigenvalue weighted by atomic mass is 9.74. The van der Waals surface area contributed by atoms with Gasteiger partial charge in [-0.15, -0.1) is 0 Å². The number of likely N-dealkylation sites (N-methyl/N-ethyl adjacent to an activating group) is 2. The molecule has 45 heavy (non-hydrogen) atoms. The highest BCUT2D eigenvalue weighted by Crippen LogP contribution is 2.41. The molecule has 10 heteroatoms. The fourth-order valence-electron chi connectivity index (χ4n) is 8.22. The second-order valence-corrected chi connectivity index (χ2v) is 16.1. The van der Waals surface area contributed by atoms with Crippen molar-refractivity contribution in [3.8, 4) is 0 Å². The summed E-state index contributed by atoms with van der Waals surface area (Å²) in [5.41, 5.74) is -2.29. The third kappa shape index (κ3) is 8.30. The van der Waals surface area contributed by atoms with Crippen molar-refractivity contribution < 1.29 is 33.6 Å². The molecule has 2 saturated heterocycles. The quantitative estimate of drug-likeness (QED) is 0.315. The topological polar surface area (TPSA) is 101 Å². The summed E-state index contributed by atoms with van der Waals surface area (Å²) in [6.07, 6.45) is 3.36. The Balaban J connectivity index is 1.59. The van der Waals surface area contributed by atoms with Gasteiger partial charge in [0, 0.05) is 44.2 Å². The number of nitrogens with zero attached hydrogens (tertiary/aromatic N) is 3. The van der Waals surface area contributed by atoms with E-state index in [2.05, 4.69) is 30.8 Å². The van der Waals surface area contributed by atoms with E-state index in [1.165, 1.54) is 19.4 Å². The smallest absolute Gasteiger partial charge is 0.319 e. The van der Waals surface area contributed by atoms with E-state index in [4.69, 9.17) is 18.9 Å². The van der Waals surface area contributed by atoms with Gasteiger partial charge in [-0.2, -0.15) is 0 Å². The molecule has 0 bridgehead atoms. The van der Waals surface area contributed by atoms with Crippen molar-refractivity contribution in [3.05, 3.63) is 0 Å². The Bertz CT molecular complexity index is 1020. The molecule has 0 radical (unpaired) electrons. The number of hydrogen-bond acceptors (Lipinski definition) is 10. The molecule has 4 rings (SSSR count). The van der Waals surface area contributed by atoms with E-state index in [-0.39, 0.29) is 36.5 Å². The van der Waals surface area contributed by atoms with E-state index in [0.29, 0.717) is 24.8 Å². The molecule has 2 aliphatic carbocycles. The molecule has 0 aromatic rings. The van der Waals surface area contributed by atoms with Crippen molar-refractivity contribution in [2.45, 2.75) is 128 Å². The van der Waals surface area contributed by atoms with Crippen LogP contribution in [0.5, 0.6) is 0 Å². The lowest BCUT2D eigenvalue weighted by Gasteiger charge is -2.48. The van der Waals surface area contributed by atoms with E-state index < -0.39 is 41.4 Å². The van der Waals surface area contributed by atoms with Crippen LogP contribution >= 0.6 is 0 Å². The zero-order chi connectivity index (χ0) is 33.4. The van der Waals surface area contributed by atoms with E-state index >= 15 is 0 Å². The predicted molar refractivity (Wildman–Crippen MR) is 174 cm³/mol. The third-order valence-electron chi connectivity index (χ3n) is 11.5. The van der Waals surface area contributed by atoms with Crippen LogP contribution in [0.4, 0.5) is 0 Å². The molecule has 2 aliphatic heterocycles. The zero-order valence-corrected chi connectivity index (χ0v) is 30.0. The maximum absolute atomic E-state index is 14.2. The Labute approximate surface area is 272 Å². The number of carbonyl (C=O) groups is 2. The van der Waals surface area contributed by atoms with Gasteiger partial charge in [-0.25, -0.2) is 0 Å². The summed E-state index contributed by atoms with van der Waals surface area (Å²) in [6.45, 7) is 13.5. The minimum Gasteiger partial charge on any atom is -0.463 e. The molecule has 4 fully saturated rings. The lowest BCUT2D eigenvalue weighted by Crippen LogP contribution is -2.59. The Morgan fingerprint density at radius 3 is 2.27 bits per heavy atom. The second kappa shape index (κ2) is 14.5. The number of ketones is 1. The first-order valence-electron chi connectivity index (χ1n) is 17.3. The van der Waals surface area contributed by atoms with E-state index in [0.717, 1.165) is 25.3 Å². The standard InChI is InChI=1S/C35H63N3O7/c1-21-17-35(6,42-11)31(45-32-29(39)27(36(7)8)14-22(2)44-32)23(3)30(40)34(4,5)33(41)43-20-28(38(10)18-21)25-15-26(16-25)37(9)19-24-12-13-24/h21-29,31-32,39H,12-20H2,1-11H3/t21-,22-,23+,25?,26?,27+,28-,29-,31-,32+,35-/m1/s1. The Hall–Kier alpha value is -1.14. The van der Waals surface area contributed by atoms with Crippen LogP contribution in [0.15, 0.2) is 0 Å². The number of aliphatic hydroxyl groups is 1. The number of ether oxygens (including phenoxy) is 4. The normalized spacial score (nSPS) is 42.4. The van der Waals surface area contributed by atoms with Crippen LogP contribution in [0.25, 0.3) is 0 Å². The fraction of sp³-hybridized carbons (Fsp3) is 0.943. The van der Waals surface area contributed by atoms with Crippen molar-refractivity contribution in [1.82, 2.24) is 14.7 Å². The average Bonchev–Trinajstić information content (AvgIpc) is 3.75. The fourth-order valence-corrected chi connectivity index (χ4v) is 8.22. The van der Waals surface area contributed by atoms with Crippen LogP contribution in [0.2, 0.25) is 0 Å². The summed E-state index contributed by atoms with van der Waals surface area (Å²) in [5.74, 6) is -0.0606. The van der Waals surface area contributed by atoms with Crippen LogP contribution < -0.4 is 0 Å². The van der Waals surface area contributed by atoms with Gasteiger partial charge in [0.1, 0.15) is 18.1 Å². The Morgan fingerprint density at radius 1 is 1.04 bits per heavy atom. The van der Waals surface area contributed by atoms with Gasteiger partial charge in [0.2, 0.25) is 0 Å². The number of Topliss-reactive ketones (excluding diaryl/α,β-unsaturated/α-hetero) is 1. The Kier molecular flexibility index (Phi) is 11.9. The molecule has 0 spiro atoms. The molecular weight excluding hydrogens is 574 g/mol. The molecule has 10 nitrogen and oxygen atoms in total. The average molecular weight is 638 g/mol. The van der Waals surface area contributed by atoms with Crippen LogP contribution in [0.1, 0.15) is 80.1 Å². The highest BCUT2D eigenvalue weighted by atomic mass is 16.7. The molecule has 260 valence electrons. The molecule has 4 aliphatic rings. The van der Waals surface area contributed by atoms with Gasteiger partial charge in [-0.3, -0.25) is 14.5 Å². The van der Waals surface area contributed by atoms with Crippen molar-refractivity contribution in [3.63, 3.8) is 0 Å². The summed E-state index contributed by atoms with van der Waals surface area (Å²) in [5, 5.41) is 11.3. The third-order valence-corrected chi connectivity index (χ3v) is 11.5. The van der Waals surface area contributed by atoms with Gasteiger partial charge in [0.15, 0.2) is 12.1 Å². The number of rotatable bonds is 8. The second-order valence-electron chi connectivity index (χ2n) is 16.1. The molecule has 9 atom stereocenters. The largest absolute Gasteiger partial charge is 0.463 e. The number of hydrogen-bond donors (Lipinski definition) is 1. The van der Waals surface area contributed by atoms with Gasteiger partial charge >= 0.3 is 5.97 Å². The van der Waals surface area contributed by atoms with Crippen LogP contribution in [0.3, 0.4) is 0 Å². The van der Waals surface area contributed by atoms with E-state index in [1.54, 1.807) is 27.9 Å². The van der Waals surface area contributed by atoms with Crippen LogP contribution in [0, 0.1) is 29.1 Å². The minimum absolute atomic E-state index is 0.0714. The van der Waals surface area contributed by atoms with E-state index in [1.807, 2.05) is 32.8 Å². The van der Waals surface area contributed by atoms with Gasteiger partial charge in [-0.1, -0.05) is 13.8 Å². The number of esters is 1. The monoisotopic (exact) mass is 637 g/mol. The van der Waals surface area contributed by atoms with Gasteiger partial charge < -0.3 is 33.9 Å². The van der Waals surface area contributed by atoms with E-state index in [9.17, 15) is 14.7 Å². The van der Waals surface area contributed by atoms with Crippen LogP contribution in [-0.2, 0) is 28.5 Å². The highest BCUT2D eigenvalue weighted by molar-refractivity contribution is 6.04. The summed E-state index contributed by atoms with van der Waals surface area (Å²) in [7, 11) is 9.89. The molecule has 1 N–H and O–H groups in total. The Morgan fingerprint density at radius 2 is 1.69 bits per heavy atom. The molecule has 0 aromatic heterocycles. The lowest BCUT2D eigenvalue weighted by molar-refractivity contribution is -0.295. The van der Waals surface area contributed by atoms with Gasteiger partial charge in [0.05, 0.1) is 17.8 Å². The van der Waals surface area contributed by atoms with Crippen molar-refractivity contribution in [2.24, 2.45) is 29.1 Å². The van der Waals surface area contributed by atoms with Crippen molar-refractivity contribution >= 4 is 11.8 Å². The first kappa shape index (κ1) is 36.7. The summed E-state index contributed by atoms with van der Waals surface area (Å²) in [4.78, 5) is 34.7. The van der Waals surface area contributed by atoms with Crippen molar-refractivity contribution in [1.29, 1.82) is 0 Å². The minimum atomic E-state index is -1.39. The number of carbonyl (C=O) groups excluding carboxylic acids is 2. The molecule has 2 heterocycles. The molecular formula is C35H63N3O7. The molecule has 0 unspecified atom stereocenters. The highest BCUT2D eigenvalue weighted by Gasteiger charge is 2.52. The summed E-state index contributed by atoms with van der Waals surface area (Å²) >= 11 is 0. The number of aliphatic hydroxyl groups excluding tert-OH is 1. The SMILES string of the molecule is CO[C@]1(C)C[C@@H](C)CN(C)[C@@H](C2CC(N(C)CC3CC3)C2)COC(=O)C(C)(C)C(=O)[C@H](C)[C@H]1O[C@@H]1O[C@H](C)C[C@H](N(C)C)[C@H]1O. The molecule has 2 saturated carbocycles. The van der Waals surface area contributed by atoms with Crippen LogP contribution in [-0.4, -0.2) is 135 Å². The zero-order valence-electron chi connectivity index (χ0n) is 30.0. The number of methoxy groups -OCH3 is 1. The van der Waals surface area contributed by atoms with Crippen molar-refractivity contribution in [2.75, 3.05) is 55.0 Å². The first-order chi connectivity index (χ1) is 21.0. The molecule has 0 aromatic carbocycles. The maximum atomic E-state index is 14.2. The number of cyclic esters (lactones) is 1. The summed E-state index contributed by atoms with van der Waals surface area (Å²) in [6, 6.07) is 0.480. The maximum Gasteiger partial charge on any atom is 0.319 e. The van der Waals surface area contributed by atoms with Gasteiger partial charge in [0.25, 0.3) is 0 Å². The molecule has 0 amide bonds. The first-order valence-corrected chi connectivity index (χ1v) is 17.3. The summed E-state index contributed by atoms with van der Waals surface area (Å²) < 4.78 is 25.1. The van der Waals surface area contributed by atoms with Gasteiger partial charge in [-0.05, 0) is 112 Å².